The molecule has 4 rings (SSSR count). The lowest BCUT2D eigenvalue weighted by Gasteiger charge is -2.31. The van der Waals surface area contributed by atoms with Crippen molar-refractivity contribution in [3.63, 3.8) is 0 Å². The molecule has 2 aromatic rings. The molecule has 0 N–H and O–H groups in total. The van der Waals surface area contributed by atoms with Gasteiger partial charge in [-0.3, -0.25) is 4.90 Å². The molecule has 1 spiro atoms. The van der Waals surface area contributed by atoms with Gasteiger partial charge in [-0.2, -0.15) is 0 Å². The van der Waals surface area contributed by atoms with Gasteiger partial charge in [-0.15, -0.1) is 0 Å². The smallest absolute Gasteiger partial charge is 0.225 e. The Bertz CT molecular complexity index is 675. The van der Waals surface area contributed by atoms with E-state index in [0.717, 1.165) is 64.1 Å². The van der Waals surface area contributed by atoms with Gasteiger partial charge >= 0.3 is 0 Å². The van der Waals surface area contributed by atoms with Gasteiger partial charge in [0.15, 0.2) is 0 Å². The highest BCUT2D eigenvalue weighted by Crippen LogP contribution is 2.34. The second kappa shape index (κ2) is 6.49. The SMILES string of the molecule is Cn1ccnc1CN1CC[C@]2(COCCN(c3ncccn3)C2)C1. The number of likely N-dealkylation sites (tertiary alicyclic amines) is 1. The Morgan fingerprint density at radius 3 is 2.79 bits per heavy atom. The van der Waals surface area contributed by atoms with Crippen molar-refractivity contribution in [2.75, 3.05) is 44.3 Å². The van der Waals surface area contributed by atoms with Crippen molar-refractivity contribution in [2.24, 2.45) is 12.5 Å². The number of ether oxygens (including phenoxy) is 1. The fourth-order valence-electron chi connectivity index (χ4n) is 3.78. The minimum Gasteiger partial charge on any atom is -0.379 e. The number of anilines is 1. The third-order valence-corrected chi connectivity index (χ3v) is 5.08. The first-order valence-corrected chi connectivity index (χ1v) is 8.52. The Labute approximate surface area is 142 Å². The average molecular weight is 328 g/mol. The maximum atomic E-state index is 5.95. The second-order valence-corrected chi connectivity index (χ2v) is 6.94. The fourth-order valence-corrected chi connectivity index (χ4v) is 3.78. The molecule has 0 unspecified atom stereocenters. The Kier molecular flexibility index (Phi) is 4.20. The van der Waals surface area contributed by atoms with Crippen LogP contribution in [0.5, 0.6) is 0 Å². The summed E-state index contributed by atoms with van der Waals surface area (Å²) in [5.41, 5.74) is 0.154. The highest BCUT2D eigenvalue weighted by molar-refractivity contribution is 5.30. The molecule has 24 heavy (non-hydrogen) atoms. The lowest BCUT2D eigenvalue weighted by atomic mass is 9.87. The summed E-state index contributed by atoms with van der Waals surface area (Å²) in [5.74, 6) is 1.93. The van der Waals surface area contributed by atoms with E-state index in [-0.39, 0.29) is 5.41 Å². The monoisotopic (exact) mass is 328 g/mol. The van der Waals surface area contributed by atoms with E-state index < -0.39 is 0 Å². The summed E-state index contributed by atoms with van der Waals surface area (Å²) in [4.78, 5) is 18.1. The Hall–Kier alpha value is -1.99. The van der Waals surface area contributed by atoms with E-state index in [9.17, 15) is 0 Å². The van der Waals surface area contributed by atoms with Crippen LogP contribution in [0.2, 0.25) is 0 Å². The van der Waals surface area contributed by atoms with Crippen LogP contribution in [0.4, 0.5) is 5.95 Å². The number of aromatic nitrogens is 4. The van der Waals surface area contributed by atoms with Crippen molar-refractivity contribution in [1.29, 1.82) is 0 Å². The van der Waals surface area contributed by atoms with E-state index in [0.29, 0.717) is 0 Å². The predicted molar refractivity (Wildman–Crippen MR) is 90.6 cm³/mol. The number of aryl methyl sites for hydroxylation is 1. The first-order chi connectivity index (χ1) is 11.7. The summed E-state index contributed by atoms with van der Waals surface area (Å²) in [6.45, 7) is 6.36. The molecule has 7 nitrogen and oxygen atoms in total. The lowest BCUT2D eigenvalue weighted by Crippen LogP contribution is -2.41. The van der Waals surface area contributed by atoms with E-state index in [1.54, 1.807) is 0 Å². The average Bonchev–Trinajstić information content (AvgIpc) is 3.11. The van der Waals surface area contributed by atoms with Gasteiger partial charge in [-0.1, -0.05) is 0 Å². The number of nitrogens with zero attached hydrogens (tertiary/aromatic N) is 6. The molecule has 0 bridgehead atoms. The van der Waals surface area contributed by atoms with Gasteiger partial charge in [0.2, 0.25) is 5.95 Å². The summed E-state index contributed by atoms with van der Waals surface area (Å²) in [6, 6.07) is 1.86. The van der Waals surface area contributed by atoms with Crippen molar-refractivity contribution in [3.8, 4) is 0 Å². The highest BCUT2D eigenvalue weighted by Gasteiger charge is 2.41. The molecule has 2 fully saturated rings. The van der Waals surface area contributed by atoms with Crippen LogP contribution in [0.15, 0.2) is 30.9 Å². The molecule has 4 heterocycles. The zero-order chi connectivity index (χ0) is 16.4. The molecule has 1 atom stereocenters. The topological polar surface area (TPSA) is 59.3 Å². The van der Waals surface area contributed by atoms with Gasteiger partial charge in [0, 0.05) is 56.9 Å². The lowest BCUT2D eigenvalue weighted by molar-refractivity contribution is 0.0727. The molecule has 2 aromatic heterocycles. The summed E-state index contributed by atoms with van der Waals surface area (Å²) >= 11 is 0. The van der Waals surface area contributed by atoms with Crippen LogP contribution in [0.3, 0.4) is 0 Å². The van der Waals surface area contributed by atoms with Crippen LogP contribution in [0, 0.1) is 5.41 Å². The molecule has 7 heteroatoms. The number of hydrogen-bond acceptors (Lipinski definition) is 6. The number of rotatable bonds is 3. The van der Waals surface area contributed by atoms with Crippen LogP contribution < -0.4 is 4.90 Å². The number of hydrogen-bond donors (Lipinski definition) is 0. The minimum absolute atomic E-state index is 0.154. The summed E-state index contributed by atoms with van der Waals surface area (Å²) < 4.78 is 8.04. The second-order valence-electron chi connectivity index (χ2n) is 6.94. The first kappa shape index (κ1) is 15.5. The summed E-state index contributed by atoms with van der Waals surface area (Å²) in [6.07, 6.45) is 8.63. The van der Waals surface area contributed by atoms with Crippen molar-refractivity contribution < 1.29 is 4.74 Å². The maximum Gasteiger partial charge on any atom is 0.225 e. The quantitative estimate of drug-likeness (QED) is 0.836. The molecule has 0 amide bonds. The van der Waals surface area contributed by atoms with Gasteiger partial charge in [0.1, 0.15) is 5.82 Å². The summed E-state index contributed by atoms with van der Waals surface area (Å²) in [7, 11) is 2.05. The van der Waals surface area contributed by atoms with Crippen LogP contribution in [-0.4, -0.2) is 63.8 Å². The Morgan fingerprint density at radius 2 is 2.00 bits per heavy atom. The molecule has 0 radical (unpaired) electrons. The largest absolute Gasteiger partial charge is 0.379 e. The summed E-state index contributed by atoms with van der Waals surface area (Å²) in [5, 5.41) is 0. The zero-order valence-corrected chi connectivity index (χ0v) is 14.1. The molecular formula is C17H24N6O. The van der Waals surface area contributed by atoms with Crippen molar-refractivity contribution >= 4 is 5.95 Å². The molecule has 2 saturated heterocycles. The predicted octanol–water partition coefficient (Wildman–Crippen LogP) is 0.939. The molecule has 128 valence electrons. The highest BCUT2D eigenvalue weighted by atomic mass is 16.5. The van der Waals surface area contributed by atoms with E-state index in [1.807, 2.05) is 30.9 Å². The molecule has 2 aliphatic heterocycles. The van der Waals surface area contributed by atoms with E-state index in [1.165, 1.54) is 0 Å². The van der Waals surface area contributed by atoms with Crippen LogP contribution in [0.25, 0.3) is 0 Å². The molecule has 0 aliphatic carbocycles. The van der Waals surface area contributed by atoms with Crippen molar-refractivity contribution in [1.82, 2.24) is 24.4 Å². The van der Waals surface area contributed by atoms with Gasteiger partial charge in [-0.25, -0.2) is 15.0 Å². The van der Waals surface area contributed by atoms with E-state index in [4.69, 9.17) is 4.74 Å². The maximum absolute atomic E-state index is 5.95. The molecule has 0 aromatic carbocycles. The van der Waals surface area contributed by atoms with Gasteiger partial charge in [-0.05, 0) is 19.0 Å². The van der Waals surface area contributed by atoms with Crippen molar-refractivity contribution in [3.05, 3.63) is 36.7 Å². The molecule has 0 saturated carbocycles. The third kappa shape index (κ3) is 3.14. The number of imidazole rings is 1. The third-order valence-electron chi connectivity index (χ3n) is 5.08. The first-order valence-electron chi connectivity index (χ1n) is 8.52. The molecular weight excluding hydrogens is 304 g/mol. The Balaban J connectivity index is 1.47. The van der Waals surface area contributed by atoms with Crippen LogP contribution >= 0.6 is 0 Å². The van der Waals surface area contributed by atoms with Crippen molar-refractivity contribution in [2.45, 2.75) is 13.0 Å². The van der Waals surface area contributed by atoms with Gasteiger partial charge < -0.3 is 14.2 Å². The van der Waals surface area contributed by atoms with Crippen LogP contribution in [0.1, 0.15) is 12.2 Å². The van der Waals surface area contributed by atoms with Crippen LogP contribution in [-0.2, 0) is 18.3 Å². The molecule has 2 aliphatic rings. The van der Waals surface area contributed by atoms with Gasteiger partial charge in [0.25, 0.3) is 0 Å². The van der Waals surface area contributed by atoms with E-state index in [2.05, 4.69) is 36.4 Å². The minimum atomic E-state index is 0.154. The fraction of sp³-hybridized carbons (Fsp3) is 0.588. The Morgan fingerprint density at radius 1 is 1.12 bits per heavy atom. The van der Waals surface area contributed by atoms with Gasteiger partial charge in [0.05, 0.1) is 19.8 Å². The zero-order valence-electron chi connectivity index (χ0n) is 14.1. The standard InChI is InChI=1S/C17H24N6O/c1-21-8-6-18-15(21)11-22-7-3-17(12-22)13-23(9-10-24-14-17)16-19-4-2-5-20-16/h2,4-6,8H,3,7,9-14H2,1H3/t17-/m0/s1. The van der Waals surface area contributed by atoms with E-state index >= 15 is 0 Å². The normalized spacial score (nSPS) is 25.3.